The maximum absolute atomic E-state index is 5.22. The van der Waals surface area contributed by atoms with Gasteiger partial charge in [0.1, 0.15) is 0 Å². The molecule has 2 heteroatoms. The van der Waals surface area contributed by atoms with Crippen molar-refractivity contribution in [2.45, 2.75) is 6.92 Å². The third-order valence-corrected chi connectivity index (χ3v) is 1.06. The molecule has 0 heterocycles. The Morgan fingerprint density at radius 1 is 1.40 bits per heavy atom. The Morgan fingerprint density at radius 2 is 2.10 bits per heavy atom. The maximum atomic E-state index is 5.22. The maximum Gasteiger partial charge on any atom is 0.0864 e. The van der Waals surface area contributed by atoms with E-state index in [4.69, 9.17) is 4.84 Å². The molecule has 2 nitrogen and oxygen atoms in total. The molecule has 0 radical (unpaired) electrons. The van der Waals surface area contributed by atoms with Gasteiger partial charge in [-0.1, -0.05) is 19.1 Å². The molecule has 0 N–H and O–H groups in total. The molecule has 0 aliphatic rings. The third-order valence-electron chi connectivity index (χ3n) is 1.06. The molecule has 0 aliphatic heterocycles. The lowest BCUT2D eigenvalue weighted by molar-refractivity contribution is -0.136. The van der Waals surface area contributed by atoms with Crippen LogP contribution in [0.3, 0.4) is 0 Å². The van der Waals surface area contributed by atoms with Gasteiger partial charge in [0.05, 0.1) is 6.61 Å². The van der Waals surface area contributed by atoms with Crippen LogP contribution in [0.25, 0.3) is 0 Å². The van der Waals surface area contributed by atoms with Crippen molar-refractivity contribution in [3.8, 4) is 0 Å². The number of hydrogen-bond donors (Lipinski definition) is 0. The van der Waals surface area contributed by atoms with Gasteiger partial charge in [0, 0.05) is 13.1 Å². The summed E-state index contributed by atoms with van der Waals surface area (Å²) in [5.74, 6) is 0. The molecule has 0 rings (SSSR count). The zero-order valence-electron chi connectivity index (χ0n) is 6.55. The normalized spacial score (nSPS) is 9.80. The van der Waals surface area contributed by atoms with Crippen LogP contribution in [0.2, 0.25) is 0 Å². The summed E-state index contributed by atoms with van der Waals surface area (Å²) < 4.78 is 0. The van der Waals surface area contributed by atoms with Crippen molar-refractivity contribution >= 4 is 0 Å². The fourth-order valence-electron chi connectivity index (χ4n) is 0.575. The summed E-state index contributed by atoms with van der Waals surface area (Å²) in [6.07, 6.45) is 3.54. The van der Waals surface area contributed by atoms with E-state index < -0.39 is 0 Å². The molecule has 0 fully saturated rings. The van der Waals surface area contributed by atoms with Crippen molar-refractivity contribution in [2.24, 2.45) is 0 Å². The number of likely N-dealkylation sites (N-methyl/N-ethyl adjacent to an activating group) is 1. The first-order chi connectivity index (χ1) is 4.85. The van der Waals surface area contributed by atoms with Gasteiger partial charge in [-0.15, -0.1) is 13.2 Å². The zero-order valence-corrected chi connectivity index (χ0v) is 6.55. The molecule has 0 aromatic heterocycles. The van der Waals surface area contributed by atoms with Crippen LogP contribution in [0.4, 0.5) is 0 Å². The topological polar surface area (TPSA) is 12.5 Å². The summed E-state index contributed by atoms with van der Waals surface area (Å²) in [5, 5.41) is 1.83. The van der Waals surface area contributed by atoms with E-state index in [0.29, 0.717) is 6.61 Å². The highest BCUT2D eigenvalue weighted by Gasteiger charge is 1.95. The fraction of sp³-hybridized carbons (Fsp3) is 0.500. The quantitative estimate of drug-likeness (QED) is 0.411. The van der Waals surface area contributed by atoms with E-state index in [0.717, 1.165) is 13.1 Å². The minimum absolute atomic E-state index is 0.571. The van der Waals surface area contributed by atoms with Crippen LogP contribution in [-0.2, 0) is 4.84 Å². The van der Waals surface area contributed by atoms with Crippen LogP contribution in [0.1, 0.15) is 6.92 Å². The molecule has 10 heavy (non-hydrogen) atoms. The molecule has 0 aromatic carbocycles. The highest BCUT2D eigenvalue weighted by molar-refractivity contribution is 4.69. The summed E-state index contributed by atoms with van der Waals surface area (Å²) in [6.45, 7) is 11.4. The Balaban J connectivity index is 3.38. The second-order valence-corrected chi connectivity index (χ2v) is 1.85. The Morgan fingerprint density at radius 3 is 2.50 bits per heavy atom. The van der Waals surface area contributed by atoms with Gasteiger partial charge in [0.15, 0.2) is 0 Å². The van der Waals surface area contributed by atoms with Crippen molar-refractivity contribution in [2.75, 3.05) is 19.7 Å². The van der Waals surface area contributed by atoms with Crippen molar-refractivity contribution in [1.82, 2.24) is 5.06 Å². The minimum atomic E-state index is 0.571. The van der Waals surface area contributed by atoms with Gasteiger partial charge in [-0.05, 0) is 0 Å². The van der Waals surface area contributed by atoms with Crippen molar-refractivity contribution < 1.29 is 4.84 Å². The third kappa shape index (κ3) is 4.30. The molecule has 58 valence electrons. The SMILES string of the molecule is C=CCON(CC)CC=C. The van der Waals surface area contributed by atoms with Crippen molar-refractivity contribution in [3.05, 3.63) is 25.3 Å². The summed E-state index contributed by atoms with van der Waals surface area (Å²) >= 11 is 0. The molecular weight excluding hydrogens is 126 g/mol. The first kappa shape index (κ1) is 9.40. The lowest BCUT2D eigenvalue weighted by Gasteiger charge is -2.16. The Hall–Kier alpha value is -0.600. The van der Waals surface area contributed by atoms with Gasteiger partial charge in [0.25, 0.3) is 0 Å². The predicted octanol–water partition coefficient (Wildman–Crippen LogP) is 1.61. The molecule has 0 saturated carbocycles. The lowest BCUT2D eigenvalue weighted by Crippen LogP contribution is -2.23. The predicted molar refractivity (Wildman–Crippen MR) is 43.6 cm³/mol. The van der Waals surface area contributed by atoms with Gasteiger partial charge in [-0.3, -0.25) is 4.84 Å². The smallest absolute Gasteiger partial charge is 0.0864 e. The highest BCUT2D eigenvalue weighted by atomic mass is 16.7. The van der Waals surface area contributed by atoms with E-state index >= 15 is 0 Å². The molecule has 0 atom stereocenters. The van der Waals surface area contributed by atoms with E-state index in [1.54, 1.807) is 6.08 Å². The van der Waals surface area contributed by atoms with Crippen LogP contribution in [0.5, 0.6) is 0 Å². The Bertz CT molecular complexity index is 101. The average Bonchev–Trinajstić information content (AvgIpc) is 1.98. The summed E-state index contributed by atoms with van der Waals surface area (Å²) in [4.78, 5) is 5.22. The largest absolute Gasteiger partial charge is 0.295 e. The molecule has 0 aromatic rings. The van der Waals surface area contributed by atoms with Gasteiger partial charge in [-0.25, -0.2) is 0 Å². The van der Waals surface area contributed by atoms with Crippen molar-refractivity contribution in [3.63, 3.8) is 0 Å². The second kappa shape index (κ2) is 6.52. The standard InChI is InChI=1S/C8H15NO/c1-4-7-9(6-3)10-8-5-2/h4-5H,1-2,6-8H2,3H3. The van der Waals surface area contributed by atoms with Crippen LogP contribution in [0, 0.1) is 0 Å². The molecule has 0 bridgehead atoms. The van der Waals surface area contributed by atoms with Gasteiger partial charge >= 0.3 is 0 Å². The average molecular weight is 141 g/mol. The molecule has 0 spiro atoms. The van der Waals surface area contributed by atoms with Gasteiger partial charge < -0.3 is 0 Å². The van der Waals surface area contributed by atoms with Gasteiger partial charge in [-0.2, -0.15) is 5.06 Å². The van der Waals surface area contributed by atoms with Crippen molar-refractivity contribution in [1.29, 1.82) is 0 Å². The Labute approximate surface area is 62.7 Å². The number of hydroxylamine groups is 2. The molecule has 0 aliphatic carbocycles. The van der Waals surface area contributed by atoms with E-state index in [9.17, 15) is 0 Å². The van der Waals surface area contributed by atoms with E-state index in [-0.39, 0.29) is 0 Å². The van der Waals surface area contributed by atoms with E-state index in [1.165, 1.54) is 0 Å². The first-order valence-electron chi connectivity index (χ1n) is 3.44. The molecule has 0 unspecified atom stereocenters. The number of rotatable bonds is 6. The first-order valence-corrected chi connectivity index (χ1v) is 3.44. The molecule has 0 saturated heterocycles. The Kier molecular flexibility index (Phi) is 6.13. The monoisotopic (exact) mass is 141 g/mol. The number of nitrogens with zero attached hydrogens (tertiary/aromatic N) is 1. The summed E-state index contributed by atoms with van der Waals surface area (Å²) in [5.41, 5.74) is 0. The van der Waals surface area contributed by atoms with Gasteiger partial charge in [0.2, 0.25) is 0 Å². The number of hydrogen-bond acceptors (Lipinski definition) is 2. The fourth-order valence-corrected chi connectivity index (χ4v) is 0.575. The lowest BCUT2D eigenvalue weighted by atomic mass is 10.6. The summed E-state index contributed by atoms with van der Waals surface area (Å²) in [7, 11) is 0. The summed E-state index contributed by atoms with van der Waals surface area (Å²) in [6, 6.07) is 0. The van der Waals surface area contributed by atoms with Crippen LogP contribution < -0.4 is 0 Å². The van der Waals surface area contributed by atoms with E-state index in [2.05, 4.69) is 13.2 Å². The minimum Gasteiger partial charge on any atom is -0.295 e. The van der Waals surface area contributed by atoms with Crippen LogP contribution in [0.15, 0.2) is 25.3 Å². The molecular formula is C8H15NO. The van der Waals surface area contributed by atoms with Crippen LogP contribution >= 0.6 is 0 Å². The van der Waals surface area contributed by atoms with Crippen LogP contribution in [-0.4, -0.2) is 24.8 Å². The molecule has 0 amide bonds. The zero-order chi connectivity index (χ0) is 7.82. The highest BCUT2D eigenvalue weighted by Crippen LogP contribution is 1.89. The second-order valence-electron chi connectivity index (χ2n) is 1.85. The van der Waals surface area contributed by atoms with E-state index in [1.807, 2.05) is 18.1 Å².